The fourth-order valence-corrected chi connectivity index (χ4v) is 4.22. The van der Waals surface area contributed by atoms with E-state index in [1.807, 2.05) is 10.3 Å². The van der Waals surface area contributed by atoms with Crippen molar-refractivity contribution in [2.75, 3.05) is 12.4 Å². The number of carbonyl (C=O) groups excluding carboxylic acids is 1. The van der Waals surface area contributed by atoms with E-state index < -0.39 is 31.5 Å². The number of ether oxygens (including phenoxy) is 1. The number of nitrogens with one attached hydrogen (secondary N) is 2. The zero-order chi connectivity index (χ0) is 19.9. The third-order valence-electron chi connectivity index (χ3n) is 3.47. The lowest BCUT2D eigenvalue weighted by Crippen LogP contribution is -2.42. The molecule has 0 fully saturated rings. The molecular weight excluding hydrogens is 392 g/mol. The van der Waals surface area contributed by atoms with Crippen molar-refractivity contribution in [3.63, 3.8) is 0 Å². The topological polar surface area (TPSA) is 119 Å². The van der Waals surface area contributed by atoms with Crippen molar-refractivity contribution in [3.8, 4) is 5.75 Å². The monoisotopic (exact) mass is 412 g/mol. The molecule has 2 aromatic carbocycles. The Balaban J connectivity index is 1.90. The van der Waals surface area contributed by atoms with Crippen LogP contribution in [-0.2, 0) is 24.7 Å². The smallest absolute Gasteiger partial charge is 0.257 e. The number of hydrogen-bond acceptors (Lipinski definition) is 6. The van der Waals surface area contributed by atoms with Crippen molar-refractivity contribution in [1.29, 1.82) is 0 Å². The highest BCUT2D eigenvalue weighted by Gasteiger charge is 2.18. The SMILES string of the molecule is CCOc1ccc(S(=O)(=O)NNC(=O)CCS(=O)(=O)c2ccccc2)cc1. The van der Waals surface area contributed by atoms with Crippen LogP contribution in [0.4, 0.5) is 0 Å². The number of sulfone groups is 1. The maximum absolute atomic E-state index is 12.1. The Morgan fingerprint density at radius 2 is 1.56 bits per heavy atom. The molecule has 0 bridgehead atoms. The van der Waals surface area contributed by atoms with Gasteiger partial charge in [0, 0.05) is 6.42 Å². The van der Waals surface area contributed by atoms with E-state index in [1.165, 1.54) is 36.4 Å². The molecule has 2 rings (SSSR count). The van der Waals surface area contributed by atoms with Crippen LogP contribution in [0.15, 0.2) is 64.4 Å². The van der Waals surface area contributed by atoms with Gasteiger partial charge in [0.05, 0.1) is 22.2 Å². The minimum Gasteiger partial charge on any atom is -0.494 e. The molecule has 0 saturated carbocycles. The molecule has 146 valence electrons. The van der Waals surface area contributed by atoms with E-state index in [2.05, 4.69) is 0 Å². The van der Waals surface area contributed by atoms with E-state index in [0.29, 0.717) is 12.4 Å². The molecule has 0 aliphatic heterocycles. The standard InChI is InChI=1S/C17H20N2O6S2/c1-2-25-14-8-10-16(11-9-14)27(23,24)19-18-17(20)12-13-26(21,22)15-6-4-3-5-7-15/h3-11,19H,2,12-13H2,1H3,(H,18,20). The summed E-state index contributed by atoms with van der Waals surface area (Å²) in [6, 6.07) is 13.4. The first-order valence-electron chi connectivity index (χ1n) is 8.06. The van der Waals surface area contributed by atoms with Crippen molar-refractivity contribution in [2.45, 2.75) is 23.1 Å². The predicted molar refractivity (Wildman–Crippen MR) is 99.2 cm³/mol. The highest BCUT2D eigenvalue weighted by Crippen LogP contribution is 2.15. The molecule has 2 N–H and O–H groups in total. The summed E-state index contributed by atoms with van der Waals surface area (Å²) in [4.78, 5) is 13.8. The van der Waals surface area contributed by atoms with Crippen molar-refractivity contribution >= 4 is 25.8 Å². The molecular formula is C17H20N2O6S2. The van der Waals surface area contributed by atoms with Crippen LogP contribution in [-0.4, -0.2) is 35.1 Å². The summed E-state index contributed by atoms with van der Waals surface area (Å²) in [7, 11) is -7.60. The third-order valence-corrected chi connectivity index (χ3v) is 6.47. The molecule has 0 spiro atoms. The van der Waals surface area contributed by atoms with E-state index in [9.17, 15) is 21.6 Å². The average molecular weight is 412 g/mol. The van der Waals surface area contributed by atoms with Crippen LogP contribution in [0.2, 0.25) is 0 Å². The molecule has 8 nitrogen and oxygen atoms in total. The van der Waals surface area contributed by atoms with Crippen LogP contribution in [0, 0.1) is 0 Å². The van der Waals surface area contributed by atoms with Crippen LogP contribution in [0.25, 0.3) is 0 Å². The minimum absolute atomic E-state index is 0.0665. The number of rotatable bonds is 9. The minimum atomic E-state index is -3.98. The first-order chi connectivity index (χ1) is 12.7. The summed E-state index contributed by atoms with van der Waals surface area (Å²) >= 11 is 0. The van der Waals surface area contributed by atoms with Crippen LogP contribution in [0.5, 0.6) is 5.75 Å². The summed E-state index contributed by atoms with van der Waals surface area (Å²) in [6.07, 6.45) is -0.386. The number of hydrogen-bond donors (Lipinski definition) is 2. The van der Waals surface area contributed by atoms with Gasteiger partial charge >= 0.3 is 0 Å². The molecule has 0 atom stereocenters. The van der Waals surface area contributed by atoms with Crippen molar-refractivity contribution in [3.05, 3.63) is 54.6 Å². The Morgan fingerprint density at radius 1 is 0.926 bits per heavy atom. The quantitative estimate of drug-likeness (QED) is 0.599. The summed E-state index contributed by atoms with van der Waals surface area (Å²) in [5, 5.41) is 0. The number of sulfonamides is 1. The summed E-state index contributed by atoms with van der Waals surface area (Å²) in [5.74, 6) is -0.677. The molecule has 0 aromatic heterocycles. The first-order valence-corrected chi connectivity index (χ1v) is 11.2. The second-order valence-electron chi connectivity index (χ2n) is 5.44. The molecule has 0 heterocycles. The van der Waals surface area contributed by atoms with E-state index in [4.69, 9.17) is 4.74 Å². The van der Waals surface area contributed by atoms with Gasteiger partial charge in [0.15, 0.2) is 9.84 Å². The Hall–Kier alpha value is -2.43. The van der Waals surface area contributed by atoms with Gasteiger partial charge in [-0.15, -0.1) is 4.83 Å². The summed E-state index contributed by atoms with van der Waals surface area (Å²) in [5.41, 5.74) is 2.01. The fourth-order valence-electron chi connectivity index (χ4n) is 2.10. The van der Waals surface area contributed by atoms with E-state index >= 15 is 0 Å². The van der Waals surface area contributed by atoms with Gasteiger partial charge in [0.25, 0.3) is 10.0 Å². The van der Waals surface area contributed by atoms with Gasteiger partial charge in [-0.25, -0.2) is 16.8 Å². The Bertz CT molecular complexity index is 972. The maximum atomic E-state index is 12.1. The van der Waals surface area contributed by atoms with Crippen molar-refractivity contribution < 1.29 is 26.4 Å². The third kappa shape index (κ3) is 6.05. The Kier molecular flexibility index (Phi) is 6.94. The lowest BCUT2D eigenvalue weighted by Gasteiger charge is -2.09. The molecule has 0 saturated heterocycles. The second kappa shape index (κ2) is 8.98. The van der Waals surface area contributed by atoms with Gasteiger partial charge in [0.1, 0.15) is 5.75 Å². The van der Waals surface area contributed by atoms with Gasteiger partial charge in [-0.05, 0) is 43.3 Å². The van der Waals surface area contributed by atoms with Crippen molar-refractivity contribution in [2.24, 2.45) is 0 Å². The van der Waals surface area contributed by atoms with E-state index in [0.717, 1.165) is 0 Å². The molecule has 0 aliphatic carbocycles. The molecule has 0 aliphatic rings. The van der Waals surface area contributed by atoms with E-state index in [-0.39, 0.29) is 16.2 Å². The lowest BCUT2D eigenvalue weighted by molar-refractivity contribution is -0.121. The van der Waals surface area contributed by atoms with Crippen LogP contribution in [0.3, 0.4) is 0 Å². The zero-order valence-corrected chi connectivity index (χ0v) is 16.2. The molecule has 0 unspecified atom stereocenters. The van der Waals surface area contributed by atoms with Gasteiger partial charge in [-0.3, -0.25) is 10.2 Å². The molecule has 1 amide bonds. The lowest BCUT2D eigenvalue weighted by atomic mass is 10.3. The number of benzene rings is 2. The largest absolute Gasteiger partial charge is 0.494 e. The summed E-state index contributed by atoms with van der Waals surface area (Å²) < 4.78 is 53.7. The van der Waals surface area contributed by atoms with Gasteiger partial charge in [0.2, 0.25) is 5.91 Å². The first kappa shape index (κ1) is 20.9. The van der Waals surface area contributed by atoms with Crippen LogP contribution in [0.1, 0.15) is 13.3 Å². The average Bonchev–Trinajstić information content (AvgIpc) is 2.66. The van der Waals surface area contributed by atoms with Gasteiger partial charge < -0.3 is 4.74 Å². The molecule has 27 heavy (non-hydrogen) atoms. The molecule has 0 radical (unpaired) electrons. The Labute approximate surface area is 158 Å². The maximum Gasteiger partial charge on any atom is 0.257 e. The number of carbonyl (C=O) groups is 1. The van der Waals surface area contributed by atoms with Crippen LogP contribution < -0.4 is 15.0 Å². The second-order valence-corrected chi connectivity index (χ2v) is 9.23. The molecule has 10 heteroatoms. The van der Waals surface area contributed by atoms with Crippen LogP contribution >= 0.6 is 0 Å². The Morgan fingerprint density at radius 3 is 2.15 bits per heavy atom. The number of hydrazine groups is 1. The molecule has 2 aromatic rings. The van der Waals surface area contributed by atoms with Gasteiger partial charge in [-0.2, -0.15) is 0 Å². The highest BCUT2D eigenvalue weighted by atomic mass is 32.2. The zero-order valence-electron chi connectivity index (χ0n) is 14.6. The highest BCUT2D eigenvalue weighted by molar-refractivity contribution is 7.91. The fraction of sp³-hybridized carbons (Fsp3) is 0.235. The number of amides is 1. The van der Waals surface area contributed by atoms with Gasteiger partial charge in [-0.1, -0.05) is 18.2 Å². The summed E-state index contributed by atoms with van der Waals surface area (Å²) in [6.45, 7) is 2.26. The van der Waals surface area contributed by atoms with E-state index in [1.54, 1.807) is 25.1 Å². The normalized spacial score (nSPS) is 11.7. The van der Waals surface area contributed by atoms with Crippen molar-refractivity contribution in [1.82, 2.24) is 10.3 Å². The predicted octanol–water partition coefficient (Wildman–Crippen LogP) is 1.26.